The SMILES string of the molecule is CCN(CC1CCCC1)c1ccc(OC)nc1C. The van der Waals surface area contributed by atoms with Crippen molar-refractivity contribution in [2.75, 3.05) is 25.1 Å². The molecule has 1 aliphatic rings. The molecule has 0 bridgehead atoms. The van der Waals surface area contributed by atoms with E-state index >= 15 is 0 Å². The van der Waals surface area contributed by atoms with Crippen molar-refractivity contribution < 1.29 is 4.74 Å². The normalized spacial score (nSPS) is 15.9. The molecule has 0 atom stereocenters. The van der Waals surface area contributed by atoms with Gasteiger partial charge in [0.05, 0.1) is 18.5 Å². The summed E-state index contributed by atoms with van der Waals surface area (Å²) >= 11 is 0. The first-order chi connectivity index (χ1) is 8.74. The van der Waals surface area contributed by atoms with Crippen LogP contribution < -0.4 is 9.64 Å². The molecule has 2 rings (SSSR count). The maximum absolute atomic E-state index is 5.17. The number of nitrogens with zero attached hydrogens (tertiary/aromatic N) is 2. The predicted octanol–water partition coefficient (Wildman–Crippen LogP) is 3.42. The highest BCUT2D eigenvalue weighted by Gasteiger charge is 2.19. The van der Waals surface area contributed by atoms with E-state index in [1.807, 2.05) is 6.07 Å². The minimum atomic E-state index is 0.702. The second-order valence-electron chi connectivity index (χ2n) is 5.15. The summed E-state index contributed by atoms with van der Waals surface area (Å²) in [4.78, 5) is 6.93. The van der Waals surface area contributed by atoms with Gasteiger partial charge in [0.2, 0.25) is 5.88 Å². The molecule has 1 aliphatic carbocycles. The van der Waals surface area contributed by atoms with E-state index in [-0.39, 0.29) is 0 Å². The van der Waals surface area contributed by atoms with Crippen LogP contribution in [0.2, 0.25) is 0 Å². The van der Waals surface area contributed by atoms with Crippen LogP contribution in [0.25, 0.3) is 0 Å². The third-order valence-corrected chi connectivity index (χ3v) is 3.92. The highest BCUT2D eigenvalue weighted by atomic mass is 16.5. The highest BCUT2D eigenvalue weighted by molar-refractivity contribution is 5.51. The Bertz CT molecular complexity index is 386. The van der Waals surface area contributed by atoms with E-state index < -0.39 is 0 Å². The lowest BCUT2D eigenvalue weighted by atomic mass is 10.1. The first-order valence-corrected chi connectivity index (χ1v) is 7.01. The molecule has 0 aliphatic heterocycles. The van der Waals surface area contributed by atoms with Crippen molar-refractivity contribution in [1.29, 1.82) is 0 Å². The van der Waals surface area contributed by atoms with E-state index in [1.165, 1.54) is 37.9 Å². The van der Waals surface area contributed by atoms with Gasteiger partial charge < -0.3 is 9.64 Å². The molecule has 1 saturated carbocycles. The largest absolute Gasteiger partial charge is 0.481 e. The van der Waals surface area contributed by atoms with Crippen LogP contribution in [0, 0.1) is 12.8 Å². The van der Waals surface area contributed by atoms with Crippen LogP contribution in [0.15, 0.2) is 12.1 Å². The molecule has 1 aromatic heterocycles. The van der Waals surface area contributed by atoms with Crippen LogP contribution in [0.1, 0.15) is 38.3 Å². The van der Waals surface area contributed by atoms with Gasteiger partial charge in [-0.3, -0.25) is 0 Å². The second kappa shape index (κ2) is 6.07. The monoisotopic (exact) mass is 248 g/mol. The zero-order chi connectivity index (χ0) is 13.0. The van der Waals surface area contributed by atoms with Gasteiger partial charge in [-0.2, -0.15) is 0 Å². The molecule has 0 N–H and O–H groups in total. The maximum Gasteiger partial charge on any atom is 0.213 e. The van der Waals surface area contributed by atoms with Crippen molar-refractivity contribution in [3.63, 3.8) is 0 Å². The van der Waals surface area contributed by atoms with Crippen LogP contribution in [-0.4, -0.2) is 25.2 Å². The summed E-state index contributed by atoms with van der Waals surface area (Å²) in [7, 11) is 1.66. The smallest absolute Gasteiger partial charge is 0.213 e. The molecule has 0 saturated heterocycles. The van der Waals surface area contributed by atoms with Gasteiger partial charge in [0.1, 0.15) is 0 Å². The van der Waals surface area contributed by atoms with Gasteiger partial charge >= 0.3 is 0 Å². The topological polar surface area (TPSA) is 25.4 Å². The number of rotatable bonds is 5. The number of hydrogen-bond donors (Lipinski definition) is 0. The van der Waals surface area contributed by atoms with E-state index in [1.54, 1.807) is 7.11 Å². The van der Waals surface area contributed by atoms with E-state index in [2.05, 4.69) is 29.8 Å². The van der Waals surface area contributed by atoms with E-state index in [9.17, 15) is 0 Å². The maximum atomic E-state index is 5.17. The van der Waals surface area contributed by atoms with Gasteiger partial charge in [-0.1, -0.05) is 12.8 Å². The Hall–Kier alpha value is -1.25. The number of aryl methyl sites for hydroxylation is 1. The minimum absolute atomic E-state index is 0.702. The lowest BCUT2D eigenvalue weighted by Crippen LogP contribution is -2.29. The van der Waals surface area contributed by atoms with Gasteiger partial charge in [0, 0.05) is 19.2 Å². The highest BCUT2D eigenvalue weighted by Crippen LogP contribution is 2.28. The molecule has 1 heterocycles. The van der Waals surface area contributed by atoms with Crippen LogP contribution in [-0.2, 0) is 0 Å². The number of pyridine rings is 1. The summed E-state index contributed by atoms with van der Waals surface area (Å²) < 4.78 is 5.17. The first kappa shape index (κ1) is 13.2. The van der Waals surface area contributed by atoms with E-state index in [0.717, 1.165) is 18.2 Å². The Morgan fingerprint density at radius 3 is 2.61 bits per heavy atom. The molecule has 1 fully saturated rings. The minimum Gasteiger partial charge on any atom is -0.481 e. The summed E-state index contributed by atoms with van der Waals surface area (Å²) in [6, 6.07) is 4.10. The van der Waals surface area contributed by atoms with Gasteiger partial charge in [-0.05, 0) is 38.7 Å². The molecular formula is C15H24N2O. The standard InChI is InChI=1S/C15H24N2O/c1-4-17(11-13-7-5-6-8-13)14-9-10-15(18-3)16-12(14)2/h9-10,13H,4-8,11H2,1-3H3. The van der Waals surface area contributed by atoms with Gasteiger partial charge in [-0.15, -0.1) is 0 Å². The zero-order valence-electron chi connectivity index (χ0n) is 11.8. The van der Waals surface area contributed by atoms with Gasteiger partial charge in [-0.25, -0.2) is 4.98 Å². The fourth-order valence-electron chi connectivity index (χ4n) is 2.88. The quantitative estimate of drug-likeness (QED) is 0.798. The molecule has 3 heteroatoms. The fraction of sp³-hybridized carbons (Fsp3) is 0.667. The molecule has 100 valence electrons. The van der Waals surface area contributed by atoms with E-state index in [4.69, 9.17) is 4.74 Å². The predicted molar refractivity (Wildman–Crippen MR) is 75.4 cm³/mol. The van der Waals surface area contributed by atoms with Crippen molar-refractivity contribution in [2.24, 2.45) is 5.92 Å². The Balaban J connectivity index is 2.10. The third-order valence-electron chi connectivity index (χ3n) is 3.92. The second-order valence-corrected chi connectivity index (χ2v) is 5.15. The Kier molecular flexibility index (Phi) is 4.45. The summed E-state index contributed by atoms with van der Waals surface area (Å²) in [5, 5.41) is 0. The van der Waals surface area contributed by atoms with Crippen molar-refractivity contribution >= 4 is 5.69 Å². The van der Waals surface area contributed by atoms with Crippen LogP contribution >= 0.6 is 0 Å². The van der Waals surface area contributed by atoms with Crippen molar-refractivity contribution in [3.05, 3.63) is 17.8 Å². The van der Waals surface area contributed by atoms with Crippen LogP contribution in [0.5, 0.6) is 5.88 Å². The first-order valence-electron chi connectivity index (χ1n) is 7.01. The molecule has 1 aromatic rings. The molecule has 0 spiro atoms. The average Bonchev–Trinajstić information content (AvgIpc) is 2.89. The van der Waals surface area contributed by atoms with Crippen molar-refractivity contribution in [1.82, 2.24) is 4.98 Å². The summed E-state index contributed by atoms with van der Waals surface area (Å²) in [6.07, 6.45) is 5.59. The Morgan fingerprint density at radius 2 is 2.06 bits per heavy atom. The third kappa shape index (κ3) is 2.95. The van der Waals surface area contributed by atoms with Crippen molar-refractivity contribution in [3.8, 4) is 5.88 Å². The molecule has 18 heavy (non-hydrogen) atoms. The number of ether oxygens (including phenoxy) is 1. The number of methoxy groups -OCH3 is 1. The van der Waals surface area contributed by atoms with Crippen molar-refractivity contribution in [2.45, 2.75) is 39.5 Å². The summed E-state index contributed by atoms with van der Waals surface area (Å²) in [6.45, 7) is 6.50. The Labute approximate surface area is 110 Å². The molecule has 0 aromatic carbocycles. The summed E-state index contributed by atoms with van der Waals surface area (Å²) in [5.74, 6) is 1.57. The van der Waals surface area contributed by atoms with Crippen LogP contribution in [0.3, 0.4) is 0 Å². The fourth-order valence-corrected chi connectivity index (χ4v) is 2.88. The van der Waals surface area contributed by atoms with Gasteiger partial charge in [0.25, 0.3) is 0 Å². The van der Waals surface area contributed by atoms with Gasteiger partial charge in [0.15, 0.2) is 0 Å². The van der Waals surface area contributed by atoms with Crippen LogP contribution in [0.4, 0.5) is 5.69 Å². The lowest BCUT2D eigenvalue weighted by molar-refractivity contribution is 0.397. The molecule has 0 amide bonds. The number of anilines is 1. The molecular weight excluding hydrogens is 224 g/mol. The summed E-state index contributed by atoms with van der Waals surface area (Å²) in [5.41, 5.74) is 2.32. The number of aromatic nitrogens is 1. The molecule has 0 radical (unpaired) electrons. The molecule has 3 nitrogen and oxygen atoms in total. The lowest BCUT2D eigenvalue weighted by Gasteiger charge is -2.27. The van der Waals surface area contributed by atoms with E-state index in [0.29, 0.717) is 5.88 Å². The number of hydrogen-bond acceptors (Lipinski definition) is 3. The average molecular weight is 248 g/mol. The Morgan fingerprint density at radius 1 is 1.33 bits per heavy atom. The molecule has 0 unspecified atom stereocenters. The zero-order valence-corrected chi connectivity index (χ0v) is 11.8.